The number of likely N-dealkylation sites (tertiary alicyclic amines) is 1. The molecule has 0 saturated carbocycles. The SMILES string of the molecule is CC(C)c1noc(/C=C/C(=O)N2CC[C@@H](N(C)c3nc(OC[C@@]45CCCN4C[C@H](F)C5)nc4c(F)c(-c5nc(N)cc6cccc(Cl)c56)ncc34)C2)n1. The molecule has 5 aromatic rings. The lowest BCUT2D eigenvalue weighted by Gasteiger charge is -2.31. The maximum atomic E-state index is 16.9. The topological polar surface area (TPSA) is 153 Å². The summed E-state index contributed by atoms with van der Waals surface area (Å²) in [6.07, 6.45) is 6.21. The Labute approximate surface area is 309 Å². The fraction of sp³-hybridized carbons (Fsp3) is 0.432. The molecular formula is C37H39ClF2N10O3. The highest BCUT2D eigenvalue weighted by Crippen LogP contribution is 2.41. The van der Waals surface area contributed by atoms with Crippen molar-refractivity contribution in [3.05, 3.63) is 59.1 Å². The van der Waals surface area contributed by atoms with Crippen LogP contribution in [0, 0.1) is 5.82 Å². The van der Waals surface area contributed by atoms with Crippen LogP contribution in [0.4, 0.5) is 20.4 Å². The van der Waals surface area contributed by atoms with Crippen LogP contribution in [-0.2, 0) is 4.79 Å². The van der Waals surface area contributed by atoms with E-state index in [9.17, 15) is 9.18 Å². The number of pyridine rings is 2. The van der Waals surface area contributed by atoms with Gasteiger partial charge in [-0.05, 0) is 43.3 Å². The number of nitrogens with two attached hydrogens (primary N) is 1. The van der Waals surface area contributed by atoms with Gasteiger partial charge in [-0.2, -0.15) is 15.0 Å². The number of hydrogen-bond donors (Lipinski definition) is 1. The second-order valence-electron chi connectivity index (χ2n) is 14.4. The van der Waals surface area contributed by atoms with Gasteiger partial charge in [-0.25, -0.2) is 13.8 Å². The Balaban J connectivity index is 1.13. The van der Waals surface area contributed by atoms with Gasteiger partial charge in [-0.1, -0.05) is 42.7 Å². The molecule has 7 heterocycles. The largest absolute Gasteiger partial charge is 0.461 e. The van der Waals surface area contributed by atoms with Crippen LogP contribution in [0.2, 0.25) is 5.02 Å². The number of fused-ring (bicyclic) bond motifs is 3. The normalized spacial score (nSPS) is 21.8. The molecule has 4 aromatic heterocycles. The number of amides is 1. The molecule has 276 valence electrons. The summed E-state index contributed by atoms with van der Waals surface area (Å²) in [5.74, 6) is 0.525. The molecule has 13 nitrogen and oxygen atoms in total. The number of aromatic nitrogens is 6. The van der Waals surface area contributed by atoms with E-state index in [4.69, 9.17) is 31.6 Å². The Morgan fingerprint density at radius 1 is 1.21 bits per heavy atom. The number of nitrogen functional groups attached to an aromatic ring is 1. The first-order valence-electron chi connectivity index (χ1n) is 17.8. The molecule has 3 saturated heterocycles. The Morgan fingerprint density at radius 3 is 2.87 bits per heavy atom. The zero-order chi connectivity index (χ0) is 37.0. The minimum atomic E-state index is -0.941. The van der Waals surface area contributed by atoms with E-state index in [-0.39, 0.29) is 59.1 Å². The van der Waals surface area contributed by atoms with Crippen molar-refractivity contribution in [2.45, 2.75) is 63.2 Å². The van der Waals surface area contributed by atoms with Crippen molar-refractivity contribution in [2.75, 3.05) is 50.5 Å². The van der Waals surface area contributed by atoms with Gasteiger partial charge in [0.05, 0.1) is 15.9 Å². The number of halogens is 3. The Hall–Kier alpha value is -5.02. The van der Waals surface area contributed by atoms with Gasteiger partial charge >= 0.3 is 6.01 Å². The van der Waals surface area contributed by atoms with Crippen LogP contribution < -0.4 is 15.4 Å². The van der Waals surface area contributed by atoms with E-state index in [0.29, 0.717) is 65.3 Å². The standard InChI is InChI=1S/C37H39ClF2N10O3/c1-20(2)34-44-27(53-47-34)8-9-28(51)49-13-10-23(18-49)48(3)35-24-16-42-33(32-29-21(14-26(41)43-32)6-4-7-25(29)38)30(40)31(24)45-36(46-35)52-19-37-11-5-12-50(37)17-22(39)15-37/h4,6-9,14,16,20,22-23H,5,10-13,15,17-19H2,1-3H3,(H2,41,43)/b9-8+/t22-,23-,37+/m1/s1. The predicted octanol–water partition coefficient (Wildman–Crippen LogP) is 5.83. The van der Waals surface area contributed by atoms with Crippen molar-refractivity contribution < 1.29 is 22.8 Å². The third kappa shape index (κ3) is 6.49. The minimum Gasteiger partial charge on any atom is -0.461 e. The van der Waals surface area contributed by atoms with Crippen molar-refractivity contribution in [2.24, 2.45) is 0 Å². The Bertz CT molecular complexity index is 2250. The van der Waals surface area contributed by atoms with Crippen LogP contribution in [-0.4, -0.2) is 103 Å². The highest BCUT2D eigenvalue weighted by molar-refractivity contribution is 6.36. The molecule has 0 radical (unpaired) electrons. The molecule has 2 N–H and O–H groups in total. The Kier molecular flexibility index (Phi) is 9.09. The molecule has 0 spiro atoms. The van der Waals surface area contributed by atoms with Crippen LogP contribution >= 0.6 is 11.6 Å². The van der Waals surface area contributed by atoms with E-state index in [1.54, 1.807) is 23.1 Å². The molecule has 1 amide bonds. The number of carbonyl (C=O) groups is 1. The van der Waals surface area contributed by atoms with Crippen LogP contribution in [0.3, 0.4) is 0 Å². The molecule has 8 rings (SSSR count). The van der Waals surface area contributed by atoms with E-state index in [1.807, 2.05) is 31.9 Å². The summed E-state index contributed by atoms with van der Waals surface area (Å²) in [4.78, 5) is 41.6. The minimum absolute atomic E-state index is 0.0315. The van der Waals surface area contributed by atoms with Gasteiger partial charge in [-0.15, -0.1) is 0 Å². The predicted molar refractivity (Wildman–Crippen MR) is 197 cm³/mol. The molecular weight excluding hydrogens is 706 g/mol. The highest BCUT2D eigenvalue weighted by Gasteiger charge is 2.49. The van der Waals surface area contributed by atoms with Gasteiger partial charge in [-0.3, -0.25) is 14.7 Å². The average Bonchev–Trinajstić information content (AvgIpc) is 3.94. The summed E-state index contributed by atoms with van der Waals surface area (Å²) in [6.45, 7) is 6.10. The van der Waals surface area contributed by atoms with Crippen molar-refractivity contribution in [1.82, 2.24) is 39.9 Å². The van der Waals surface area contributed by atoms with E-state index < -0.39 is 17.5 Å². The first-order valence-corrected chi connectivity index (χ1v) is 18.1. The summed E-state index contributed by atoms with van der Waals surface area (Å²) >= 11 is 6.60. The summed E-state index contributed by atoms with van der Waals surface area (Å²) < 4.78 is 43.0. The van der Waals surface area contributed by atoms with Crippen molar-refractivity contribution in [3.8, 4) is 17.4 Å². The number of alkyl halides is 1. The van der Waals surface area contributed by atoms with E-state index in [0.717, 1.165) is 19.4 Å². The number of likely N-dealkylation sites (N-methyl/N-ethyl adjacent to an activating group) is 1. The number of carbonyl (C=O) groups excluding carboxylic acids is 1. The molecule has 53 heavy (non-hydrogen) atoms. The molecule has 0 unspecified atom stereocenters. The van der Waals surface area contributed by atoms with Crippen molar-refractivity contribution >= 4 is 56.9 Å². The van der Waals surface area contributed by atoms with Gasteiger partial charge in [0.15, 0.2) is 11.6 Å². The third-order valence-electron chi connectivity index (χ3n) is 10.6. The first kappa shape index (κ1) is 35.0. The summed E-state index contributed by atoms with van der Waals surface area (Å²) in [7, 11) is 1.84. The lowest BCUT2D eigenvalue weighted by Crippen LogP contribution is -2.43. The van der Waals surface area contributed by atoms with E-state index in [1.165, 1.54) is 18.3 Å². The van der Waals surface area contributed by atoms with Gasteiger partial charge in [0, 0.05) is 68.8 Å². The molecule has 3 fully saturated rings. The van der Waals surface area contributed by atoms with Gasteiger partial charge < -0.3 is 24.8 Å². The summed E-state index contributed by atoms with van der Waals surface area (Å²) in [5, 5.41) is 5.84. The quantitative estimate of drug-likeness (QED) is 0.181. The number of anilines is 2. The fourth-order valence-corrected chi connectivity index (χ4v) is 8.13. The Morgan fingerprint density at radius 2 is 2.06 bits per heavy atom. The first-order chi connectivity index (χ1) is 25.5. The average molecular weight is 745 g/mol. The maximum Gasteiger partial charge on any atom is 0.319 e. The molecule has 16 heteroatoms. The van der Waals surface area contributed by atoms with Crippen molar-refractivity contribution in [1.29, 1.82) is 0 Å². The van der Waals surface area contributed by atoms with Gasteiger partial charge in [0.25, 0.3) is 5.89 Å². The molecule has 3 aliphatic heterocycles. The summed E-state index contributed by atoms with van der Waals surface area (Å²) in [5.41, 5.74) is 5.75. The molecule has 3 atom stereocenters. The van der Waals surface area contributed by atoms with Crippen LogP contribution in [0.1, 0.15) is 57.2 Å². The molecule has 3 aliphatic rings. The third-order valence-corrected chi connectivity index (χ3v) is 10.9. The second-order valence-corrected chi connectivity index (χ2v) is 14.8. The fourth-order valence-electron chi connectivity index (χ4n) is 7.86. The zero-order valence-corrected chi connectivity index (χ0v) is 30.4. The smallest absolute Gasteiger partial charge is 0.319 e. The lowest BCUT2D eigenvalue weighted by atomic mass is 9.95. The lowest BCUT2D eigenvalue weighted by molar-refractivity contribution is -0.124. The number of benzene rings is 1. The van der Waals surface area contributed by atoms with Crippen molar-refractivity contribution in [3.63, 3.8) is 0 Å². The zero-order valence-electron chi connectivity index (χ0n) is 29.6. The summed E-state index contributed by atoms with van der Waals surface area (Å²) in [6, 6.07) is 6.74. The molecule has 0 aliphatic carbocycles. The highest BCUT2D eigenvalue weighted by atomic mass is 35.5. The van der Waals surface area contributed by atoms with E-state index in [2.05, 4.69) is 30.0 Å². The number of ether oxygens (including phenoxy) is 1. The number of rotatable bonds is 9. The van der Waals surface area contributed by atoms with E-state index >= 15 is 4.39 Å². The number of nitrogens with zero attached hydrogens (tertiary/aromatic N) is 9. The molecule has 1 aromatic carbocycles. The van der Waals surface area contributed by atoms with Crippen LogP contribution in [0.25, 0.3) is 39.1 Å². The second kappa shape index (κ2) is 13.8. The monoisotopic (exact) mass is 744 g/mol. The number of hydrogen-bond acceptors (Lipinski definition) is 12. The van der Waals surface area contributed by atoms with Crippen LogP contribution in [0.15, 0.2) is 41.1 Å². The van der Waals surface area contributed by atoms with Crippen LogP contribution in [0.5, 0.6) is 6.01 Å². The maximum absolute atomic E-state index is 16.9. The van der Waals surface area contributed by atoms with Gasteiger partial charge in [0.1, 0.15) is 41.3 Å². The van der Waals surface area contributed by atoms with Gasteiger partial charge in [0.2, 0.25) is 5.91 Å². The molecule has 0 bridgehead atoms.